The third-order valence-corrected chi connectivity index (χ3v) is 6.19. The number of nitrogens with zero attached hydrogens (tertiary/aromatic N) is 3. The Morgan fingerprint density at radius 2 is 1.80 bits per heavy atom. The second kappa shape index (κ2) is 8.81. The van der Waals surface area contributed by atoms with Crippen LogP contribution >= 0.6 is 34.8 Å². The smallest absolute Gasteiger partial charge is 0.283 e. The van der Waals surface area contributed by atoms with Crippen molar-refractivity contribution >= 4 is 46.3 Å². The van der Waals surface area contributed by atoms with Gasteiger partial charge in [-0.15, -0.1) is 0 Å². The van der Waals surface area contributed by atoms with E-state index in [0.29, 0.717) is 33.7 Å². The topological polar surface area (TPSA) is 38.1 Å². The largest absolute Gasteiger partial charge is 0.329 e. The molecule has 162 valence electrons. The monoisotopic (exact) mass is 479 g/mol. The average Bonchev–Trinajstić information content (AvgIpc) is 2.91. The zero-order valence-corrected chi connectivity index (χ0v) is 18.5. The number of amides is 1. The van der Waals surface area contributed by atoms with E-state index in [1.54, 1.807) is 6.92 Å². The molecule has 0 N–H and O–H groups in total. The number of rotatable bonds is 6. The average molecular weight is 481 g/mol. The number of hydrogen-bond donors (Lipinski definition) is 0. The van der Waals surface area contributed by atoms with Gasteiger partial charge in [-0.05, 0) is 43.9 Å². The summed E-state index contributed by atoms with van der Waals surface area (Å²) in [4.78, 5) is 14.7. The zero-order chi connectivity index (χ0) is 22.3. The van der Waals surface area contributed by atoms with Crippen molar-refractivity contribution in [3.8, 4) is 0 Å². The number of aryl methyl sites for hydroxylation is 1. The summed E-state index contributed by atoms with van der Waals surface area (Å²) >= 11 is 18.5. The first-order valence-electron chi connectivity index (χ1n) is 9.21. The lowest BCUT2D eigenvalue weighted by Gasteiger charge is -2.42. The van der Waals surface area contributed by atoms with Gasteiger partial charge in [-0.1, -0.05) is 41.4 Å². The van der Waals surface area contributed by atoms with Gasteiger partial charge in [0.15, 0.2) is 0 Å². The van der Waals surface area contributed by atoms with Gasteiger partial charge in [0.1, 0.15) is 11.3 Å². The second-order valence-electron chi connectivity index (χ2n) is 7.22. The first-order chi connectivity index (χ1) is 14.0. The quantitative estimate of drug-likeness (QED) is 0.470. The molecule has 3 rings (SSSR count). The van der Waals surface area contributed by atoms with Crippen molar-refractivity contribution in [2.24, 2.45) is 7.05 Å². The minimum absolute atomic E-state index is 0.242. The predicted octanol–water partition coefficient (Wildman–Crippen LogP) is 6.55. The van der Waals surface area contributed by atoms with Crippen LogP contribution in [0.15, 0.2) is 18.7 Å². The molecule has 4 nitrogen and oxygen atoms in total. The Morgan fingerprint density at radius 3 is 2.27 bits per heavy atom. The highest BCUT2D eigenvalue weighted by Crippen LogP contribution is 2.39. The molecule has 1 amide bonds. The van der Waals surface area contributed by atoms with Gasteiger partial charge >= 0.3 is 0 Å². The lowest BCUT2D eigenvalue weighted by Crippen LogP contribution is -2.49. The molecule has 1 aromatic carbocycles. The Morgan fingerprint density at radius 1 is 1.23 bits per heavy atom. The molecular weight excluding hydrogens is 462 g/mol. The van der Waals surface area contributed by atoms with Crippen LogP contribution in [0.2, 0.25) is 15.1 Å². The summed E-state index contributed by atoms with van der Waals surface area (Å²) in [5.41, 5.74) is -0.824. The van der Waals surface area contributed by atoms with E-state index < -0.39 is 35.6 Å². The maximum absolute atomic E-state index is 14.6. The van der Waals surface area contributed by atoms with E-state index in [0.717, 1.165) is 6.42 Å². The molecule has 0 radical (unpaired) electrons. The minimum atomic E-state index is -3.10. The van der Waals surface area contributed by atoms with Gasteiger partial charge in [0.05, 0.1) is 16.1 Å². The van der Waals surface area contributed by atoms with E-state index >= 15 is 0 Å². The fourth-order valence-electron chi connectivity index (χ4n) is 3.55. The fourth-order valence-corrected chi connectivity index (χ4v) is 4.61. The Bertz CT molecular complexity index is 982. The van der Waals surface area contributed by atoms with Gasteiger partial charge in [-0.3, -0.25) is 4.79 Å². The van der Waals surface area contributed by atoms with E-state index in [-0.39, 0.29) is 16.1 Å². The molecule has 0 spiro atoms. The molecule has 1 unspecified atom stereocenters. The molecule has 1 fully saturated rings. The summed E-state index contributed by atoms with van der Waals surface area (Å²) in [5, 5.41) is 4.30. The molecule has 1 heterocycles. The molecule has 0 saturated heterocycles. The third-order valence-electron chi connectivity index (χ3n) is 5.38. The van der Waals surface area contributed by atoms with Gasteiger partial charge in [0.2, 0.25) is 5.95 Å². The van der Waals surface area contributed by atoms with Crippen LogP contribution in [-0.2, 0) is 7.05 Å². The SMILES string of the molecule is C=C(c1c(Cl)cc(Cl)cc1Cl)C(C)N(C(=O)c1c(C(F)F)nn(C)c1F)C1CCC1. The van der Waals surface area contributed by atoms with E-state index in [2.05, 4.69) is 11.7 Å². The van der Waals surface area contributed by atoms with Crippen molar-refractivity contribution in [2.45, 2.75) is 44.7 Å². The van der Waals surface area contributed by atoms with Crippen LogP contribution in [0.3, 0.4) is 0 Å². The zero-order valence-electron chi connectivity index (χ0n) is 16.2. The summed E-state index contributed by atoms with van der Waals surface area (Å²) in [7, 11) is 1.17. The van der Waals surface area contributed by atoms with Crippen molar-refractivity contribution in [3.05, 3.63) is 56.5 Å². The first kappa shape index (κ1) is 23.0. The van der Waals surface area contributed by atoms with Gasteiger partial charge in [0.25, 0.3) is 12.3 Å². The number of alkyl halides is 2. The Labute approximate surface area is 187 Å². The minimum Gasteiger partial charge on any atom is -0.329 e. The molecular formula is C20H19Cl3F3N3O. The molecule has 10 heteroatoms. The van der Waals surface area contributed by atoms with Crippen LogP contribution in [0.5, 0.6) is 0 Å². The molecule has 1 aromatic heterocycles. The molecule has 1 saturated carbocycles. The van der Waals surface area contributed by atoms with E-state index in [9.17, 15) is 18.0 Å². The highest BCUT2D eigenvalue weighted by Gasteiger charge is 2.39. The van der Waals surface area contributed by atoms with Crippen LogP contribution in [0.4, 0.5) is 13.2 Å². The molecule has 2 aromatic rings. The lowest BCUT2D eigenvalue weighted by molar-refractivity contribution is 0.0517. The summed E-state index contributed by atoms with van der Waals surface area (Å²) in [6, 6.07) is 2.05. The van der Waals surface area contributed by atoms with E-state index in [4.69, 9.17) is 34.8 Å². The highest BCUT2D eigenvalue weighted by molar-refractivity contribution is 6.40. The van der Waals surface area contributed by atoms with Gasteiger partial charge < -0.3 is 4.90 Å². The number of hydrogen-bond acceptors (Lipinski definition) is 2. The van der Waals surface area contributed by atoms with Gasteiger partial charge in [0, 0.05) is 23.7 Å². The Hall–Kier alpha value is -1.70. The van der Waals surface area contributed by atoms with Crippen LogP contribution in [0.25, 0.3) is 5.57 Å². The fraction of sp³-hybridized carbons (Fsp3) is 0.400. The molecule has 1 aliphatic rings. The van der Waals surface area contributed by atoms with Crippen molar-refractivity contribution in [2.75, 3.05) is 0 Å². The maximum Gasteiger partial charge on any atom is 0.283 e. The number of halogens is 6. The third kappa shape index (κ3) is 4.07. The highest BCUT2D eigenvalue weighted by atomic mass is 35.5. The van der Waals surface area contributed by atoms with Crippen LogP contribution in [0, 0.1) is 5.95 Å². The van der Waals surface area contributed by atoms with E-state index in [1.165, 1.54) is 24.1 Å². The van der Waals surface area contributed by atoms with Gasteiger partial charge in [-0.2, -0.15) is 9.49 Å². The normalized spacial score (nSPS) is 15.2. The predicted molar refractivity (Wildman–Crippen MR) is 112 cm³/mol. The summed E-state index contributed by atoms with van der Waals surface area (Å²) < 4.78 is 42.1. The van der Waals surface area contributed by atoms with Crippen LogP contribution in [-0.4, -0.2) is 32.7 Å². The second-order valence-corrected chi connectivity index (χ2v) is 8.47. The Balaban J connectivity index is 2.04. The number of carbonyl (C=O) groups is 1. The molecule has 1 aliphatic carbocycles. The van der Waals surface area contributed by atoms with Crippen molar-refractivity contribution in [3.63, 3.8) is 0 Å². The first-order valence-corrected chi connectivity index (χ1v) is 10.3. The molecule has 0 bridgehead atoms. The molecule has 30 heavy (non-hydrogen) atoms. The van der Waals surface area contributed by atoms with Crippen LogP contribution in [0.1, 0.15) is 54.2 Å². The van der Waals surface area contributed by atoms with Crippen LogP contribution < -0.4 is 0 Å². The Kier molecular flexibility index (Phi) is 6.75. The number of carbonyl (C=O) groups excluding carboxylic acids is 1. The molecule has 1 atom stereocenters. The summed E-state index contributed by atoms with van der Waals surface area (Å²) in [6.07, 6.45) is -0.899. The van der Waals surface area contributed by atoms with Gasteiger partial charge in [-0.25, -0.2) is 13.5 Å². The number of aromatic nitrogens is 2. The summed E-state index contributed by atoms with van der Waals surface area (Å²) in [6.45, 7) is 5.71. The standard InChI is InChI=1S/C20H19Cl3F3N3O/c1-9(15-13(22)7-11(21)8-14(15)23)10(2)29(12-5-4-6-12)20(30)16-17(18(24)25)27-28(3)19(16)26/h7-8,10,12,18H,1,4-6H2,2-3H3. The van der Waals surface area contributed by atoms with Crippen molar-refractivity contribution < 1.29 is 18.0 Å². The van der Waals surface area contributed by atoms with Crippen molar-refractivity contribution in [1.29, 1.82) is 0 Å². The maximum atomic E-state index is 14.6. The molecule has 0 aliphatic heterocycles. The van der Waals surface area contributed by atoms with Crippen molar-refractivity contribution in [1.82, 2.24) is 14.7 Å². The number of benzene rings is 1. The summed E-state index contributed by atoms with van der Waals surface area (Å²) in [5.74, 6) is -1.98. The van der Waals surface area contributed by atoms with E-state index in [1.807, 2.05) is 0 Å². The lowest BCUT2D eigenvalue weighted by atomic mass is 9.88.